The van der Waals surface area contributed by atoms with Crippen LogP contribution in [-0.4, -0.2) is 15.9 Å². The van der Waals surface area contributed by atoms with Crippen molar-refractivity contribution in [2.75, 3.05) is 0 Å². The van der Waals surface area contributed by atoms with Gasteiger partial charge in [0.25, 0.3) is 11.5 Å². The number of benzene rings is 2. The zero-order valence-corrected chi connectivity index (χ0v) is 13.4. The van der Waals surface area contributed by atoms with Gasteiger partial charge in [0.05, 0.1) is 0 Å². The van der Waals surface area contributed by atoms with E-state index in [9.17, 15) is 9.59 Å². The lowest BCUT2D eigenvalue weighted by Gasteiger charge is -2.06. The van der Waals surface area contributed by atoms with E-state index >= 15 is 0 Å². The third-order valence-electron chi connectivity index (χ3n) is 3.46. The largest absolute Gasteiger partial charge is 0.348 e. The fourth-order valence-corrected chi connectivity index (χ4v) is 2.31. The maximum absolute atomic E-state index is 12.2. The Labute approximate surface area is 143 Å². The van der Waals surface area contributed by atoms with E-state index in [2.05, 4.69) is 15.3 Å². The minimum absolute atomic E-state index is 0.0244. The van der Waals surface area contributed by atoms with Crippen LogP contribution in [0.1, 0.15) is 15.9 Å². The molecule has 0 unspecified atom stereocenters. The van der Waals surface area contributed by atoms with E-state index in [1.807, 2.05) is 30.3 Å². The second-order valence-electron chi connectivity index (χ2n) is 5.15. The summed E-state index contributed by atoms with van der Waals surface area (Å²) < 4.78 is 0. The van der Waals surface area contributed by atoms with Gasteiger partial charge in [-0.2, -0.15) is 0 Å². The first-order valence-corrected chi connectivity index (χ1v) is 7.68. The average molecular weight is 340 g/mol. The summed E-state index contributed by atoms with van der Waals surface area (Å²) in [5.41, 5.74) is 1.16. The van der Waals surface area contributed by atoms with Gasteiger partial charge in [-0.3, -0.25) is 9.59 Å². The normalized spacial score (nSPS) is 10.4. The second kappa shape index (κ2) is 7.10. The molecule has 1 aromatic heterocycles. The van der Waals surface area contributed by atoms with Crippen LogP contribution in [0.4, 0.5) is 0 Å². The summed E-state index contributed by atoms with van der Waals surface area (Å²) in [5.74, 6) is -0.0773. The number of aromatic nitrogens is 2. The van der Waals surface area contributed by atoms with Gasteiger partial charge in [-0.1, -0.05) is 41.9 Å². The number of halogens is 1. The van der Waals surface area contributed by atoms with Crippen LogP contribution in [0.25, 0.3) is 11.4 Å². The summed E-state index contributed by atoms with van der Waals surface area (Å²) in [5, 5.41) is 3.30. The van der Waals surface area contributed by atoms with Crippen molar-refractivity contribution in [2.45, 2.75) is 6.54 Å². The summed E-state index contributed by atoms with van der Waals surface area (Å²) in [6, 6.07) is 16.4. The highest BCUT2D eigenvalue weighted by molar-refractivity contribution is 6.30. The zero-order valence-electron chi connectivity index (χ0n) is 12.6. The maximum atomic E-state index is 12.2. The zero-order chi connectivity index (χ0) is 16.9. The molecule has 0 fully saturated rings. The molecule has 0 spiro atoms. The van der Waals surface area contributed by atoms with E-state index in [1.165, 1.54) is 6.20 Å². The van der Waals surface area contributed by atoms with Crippen LogP contribution in [0.2, 0.25) is 5.02 Å². The Bertz CT molecular complexity index is 906. The number of hydrogen-bond donors (Lipinski definition) is 2. The molecule has 0 saturated heterocycles. The van der Waals surface area contributed by atoms with Gasteiger partial charge in [0, 0.05) is 23.3 Å². The van der Waals surface area contributed by atoms with Crippen LogP contribution in [0.15, 0.2) is 65.6 Å². The molecule has 24 heavy (non-hydrogen) atoms. The topological polar surface area (TPSA) is 74.8 Å². The SMILES string of the molecule is O=C(NCc1ccccc1)c1cnc(-c2ccc(Cl)cc2)[nH]c1=O. The van der Waals surface area contributed by atoms with E-state index in [-0.39, 0.29) is 5.56 Å². The first-order chi connectivity index (χ1) is 11.6. The van der Waals surface area contributed by atoms with E-state index in [4.69, 9.17) is 11.6 Å². The molecule has 120 valence electrons. The number of carbonyl (C=O) groups is 1. The van der Waals surface area contributed by atoms with E-state index in [0.29, 0.717) is 23.0 Å². The first kappa shape index (κ1) is 16.0. The third kappa shape index (κ3) is 3.70. The smallest absolute Gasteiger partial charge is 0.264 e. The molecule has 0 saturated carbocycles. The predicted molar refractivity (Wildman–Crippen MR) is 92.9 cm³/mol. The van der Waals surface area contributed by atoms with Crippen molar-refractivity contribution in [3.63, 3.8) is 0 Å². The van der Waals surface area contributed by atoms with Crippen LogP contribution in [0.3, 0.4) is 0 Å². The highest BCUT2D eigenvalue weighted by Crippen LogP contribution is 2.16. The number of rotatable bonds is 4. The maximum Gasteiger partial charge on any atom is 0.264 e. The molecule has 0 atom stereocenters. The Hall–Kier alpha value is -2.92. The average Bonchev–Trinajstić information content (AvgIpc) is 2.61. The number of H-pyrrole nitrogens is 1. The number of nitrogens with one attached hydrogen (secondary N) is 2. The number of amides is 1. The number of hydrogen-bond acceptors (Lipinski definition) is 3. The van der Waals surface area contributed by atoms with Gasteiger partial charge in [0.15, 0.2) is 0 Å². The minimum Gasteiger partial charge on any atom is -0.348 e. The lowest BCUT2D eigenvalue weighted by Crippen LogP contribution is -2.29. The van der Waals surface area contributed by atoms with E-state index < -0.39 is 11.5 Å². The minimum atomic E-state index is -0.486. The van der Waals surface area contributed by atoms with Gasteiger partial charge < -0.3 is 10.3 Å². The Balaban J connectivity index is 1.76. The molecule has 2 aromatic carbocycles. The van der Waals surface area contributed by atoms with Crippen LogP contribution in [-0.2, 0) is 6.54 Å². The van der Waals surface area contributed by atoms with Gasteiger partial charge in [0.1, 0.15) is 11.4 Å². The quantitative estimate of drug-likeness (QED) is 0.767. The first-order valence-electron chi connectivity index (χ1n) is 7.31. The van der Waals surface area contributed by atoms with Crippen molar-refractivity contribution >= 4 is 17.5 Å². The molecule has 0 aliphatic carbocycles. The Morgan fingerprint density at radius 3 is 2.46 bits per heavy atom. The predicted octanol–water partition coefficient (Wildman–Crippen LogP) is 3.02. The molecule has 3 rings (SSSR count). The molecule has 6 heteroatoms. The summed E-state index contributed by atoms with van der Waals surface area (Å²) >= 11 is 5.84. The fourth-order valence-electron chi connectivity index (χ4n) is 2.18. The Morgan fingerprint density at radius 2 is 1.79 bits per heavy atom. The number of nitrogens with zero attached hydrogens (tertiary/aromatic N) is 1. The van der Waals surface area contributed by atoms with Crippen molar-refractivity contribution in [1.82, 2.24) is 15.3 Å². The summed E-state index contributed by atoms with van der Waals surface area (Å²) in [6.45, 7) is 0.345. The second-order valence-corrected chi connectivity index (χ2v) is 5.59. The fraction of sp³-hybridized carbons (Fsp3) is 0.0556. The third-order valence-corrected chi connectivity index (χ3v) is 3.71. The van der Waals surface area contributed by atoms with Gasteiger partial charge >= 0.3 is 0 Å². The molecule has 1 heterocycles. The lowest BCUT2D eigenvalue weighted by atomic mass is 10.2. The lowest BCUT2D eigenvalue weighted by molar-refractivity contribution is 0.0949. The molecule has 0 radical (unpaired) electrons. The van der Waals surface area contributed by atoms with Crippen molar-refractivity contribution in [2.24, 2.45) is 0 Å². The van der Waals surface area contributed by atoms with Crippen LogP contribution in [0, 0.1) is 0 Å². The Morgan fingerprint density at radius 1 is 1.08 bits per heavy atom. The Kier molecular flexibility index (Phi) is 4.72. The molecular formula is C18H14ClN3O2. The van der Waals surface area contributed by atoms with E-state index in [0.717, 1.165) is 5.56 Å². The van der Waals surface area contributed by atoms with Crippen molar-refractivity contribution in [1.29, 1.82) is 0 Å². The molecule has 3 aromatic rings. The summed E-state index contributed by atoms with van der Waals surface area (Å²) in [6.07, 6.45) is 1.28. The molecular weight excluding hydrogens is 326 g/mol. The molecule has 0 aliphatic rings. The highest BCUT2D eigenvalue weighted by Gasteiger charge is 2.12. The van der Waals surface area contributed by atoms with Crippen LogP contribution >= 0.6 is 11.6 Å². The van der Waals surface area contributed by atoms with Gasteiger partial charge in [-0.25, -0.2) is 4.98 Å². The van der Waals surface area contributed by atoms with Gasteiger partial charge in [-0.15, -0.1) is 0 Å². The van der Waals surface area contributed by atoms with Crippen molar-refractivity contribution in [3.8, 4) is 11.4 Å². The molecule has 1 amide bonds. The van der Waals surface area contributed by atoms with Gasteiger partial charge in [0.2, 0.25) is 0 Å². The molecule has 0 aliphatic heterocycles. The van der Waals surface area contributed by atoms with E-state index in [1.54, 1.807) is 24.3 Å². The summed E-state index contributed by atoms with van der Waals surface area (Å²) in [7, 11) is 0. The van der Waals surface area contributed by atoms with Crippen LogP contribution < -0.4 is 10.9 Å². The monoisotopic (exact) mass is 339 g/mol. The summed E-state index contributed by atoms with van der Waals surface area (Å²) in [4.78, 5) is 31.1. The standard InChI is InChI=1S/C18H14ClN3O2/c19-14-8-6-13(7-9-14)16-20-11-15(18(24)22-16)17(23)21-10-12-4-2-1-3-5-12/h1-9,11H,10H2,(H,21,23)(H,20,22,24). The van der Waals surface area contributed by atoms with Crippen molar-refractivity contribution < 1.29 is 4.79 Å². The highest BCUT2D eigenvalue weighted by atomic mass is 35.5. The van der Waals surface area contributed by atoms with Gasteiger partial charge in [-0.05, 0) is 29.8 Å². The van der Waals surface area contributed by atoms with Crippen molar-refractivity contribution in [3.05, 3.63) is 87.3 Å². The number of aromatic amines is 1. The molecule has 5 nitrogen and oxygen atoms in total. The van der Waals surface area contributed by atoms with Crippen LogP contribution in [0.5, 0.6) is 0 Å². The molecule has 2 N–H and O–H groups in total. The number of carbonyl (C=O) groups excluding carboxylic acids is 1. The molecule has 0 bridgehead atoms.